The molecule has 0 saturated carbocycles. The summed E-state index contributed by atoms with van der Waals surface area (Å²) in [6, 6.07) is 12.9. The molecule has 0 aliphatic heterocycles. The molecule has 0 spiro atoms. The molecule has 0 unspecified atom stereocenters. The first-order chi connectivity index (χ1) is 17.6. The molecular weight excluding hydrogens is 462 g/mol. The molecule has 7 heteroatoms. The molecule has 0 fully saturated rings. The highest BCUT2D eigenvalue weighted by atomic mass is 16.4. The van der Waals surface area contributed by atoms with Gasteiger partial charge >= 0.3 is 5.97 Å². The number of carbonyl (C=O) groups is 1. The molecule has 3 aromatic heterocycles. The van der Waals surface area contributed by atoms with Crippen LogP contribution in [0.5, 0.6) is 0 Å². The van der Waals surface area contributed by atoms with E-state index in [2.05, 4.69) is 32.7 Å². The summed E-state index contributed by atoms with van der Waals surface area (Å²) in [5, 5.41) is 14.4. The predicted octanol–water partition coefficient (Wildman–Crippen LogP) is 5.60. The van der Waals surface area contributed by atoms with Gasteiger partial charge in [0.1, 0.15) is 5.69 Å². The molecule has 7 nitrogen and oxygen atoms in total. The van der Waals surface area contributed by atoms with Crippen LogP contribution in [0.3, 0.4) is 0 Å². The highest BCUT2D eigenvalue weighted by molar-refractivity contribution is 5.88. The van der Waals surface area contributed by atoms with Crippen LogP contribution in [0, 0.1) is 0 Å². The summed E-state index contributed by atoms with van der Waals surface area (Å²) in [5.74, 6) is -0.936. The normalized spacial score (nSPS) is 17.0. The van der Waals surface area contributed by atoms with Crippen LogP contribution in [0.25, 0.3) is 22.6 Å². The van der Waals surface area contributed by atoms with E-state index in [-0.39, 0.29) is 16.4 Å². The lowest BCUT2D eigenvalue weighted by atomic mass is 9.67. The lowest BCUT2D eigenvalue weighted by molar-refractivity contribution is 0.0697. The second-order valence-corrected chi connectivity index (χ2v) is 11.5. The number of fused-ring (bicyclic) bond motifs is 4. The second kappa shape index (κ2) is 8.33. The number of benzene rings is 1. The summed E-state index contributed by atoms with van der Waals surface area (Å²) >= 11 is 0. The van der Waals surface area contributed by atoms with E-state index < -0.39 is 5.97 Å². The Kier molecular flexibility index (Phi) is 5.30. The van der Waals surface area contributed by atoms with Gasteiger partial charge in [-0.25, -0.2) is 9.78 Å². The molecular formula is C30H31N5O2. The molecule has 2 aliphatic rings. The number of aromatic carboxylic acids is 1. The SMILES string of the molecule is CC1(C)CCC(C)(C)c2nc3c(nc21)CCc1c(-c2ccc(C(=O)O)cc2)nn(Cc2ccccn2)c1-3. The first-order valence-electron chi connectivity index (χ1n) is 12.9. The summed E-state index contributed by atoms with van der Waals surface area (Å²) in [6.45, 7) is 9.61. The Balaban J connectivity index is 1.56. The van der Waals surface area contributed by atoms with Crippen molar-refractivity contribution in [3.8, 4) is 22.6 Å². The third kappa shape index (κ3) is 3.93. The fraction of sp³-hybridized carbons (Fsp3) is 0.367. The Bertz CT molecular complexity index is 1520. The molecule has 1 N–H and O–H groups in total. The van der Waals surface area contributed by atoms with E-state index in [9.17, 15) is 9.90 Å². The average Bonchev–Trinajstić information content (AvgIpc) is 3.25. The number of hydrogen-bond donors (Lipinski definition) is 1. The van der Waals surface area contributed by atoms with E-state index in [1.165, 1.54) is 0 Å². The number of nitrogens with zero attached hydrogens (tertiary/aromatic N) is 5. The molecule has 1 aromatic carbocycles. The lowest BCUT2D eigenvalue weighted by Crippen LogP contribution is -2.37. The number of aryl methyl sites for hydroxylation is 1. The van der Waals surface area contributed by atoms with E-state index in [1.54, 1.807) is 18.3 Å². The second-order valence-electron chi connectivity index (χ2n) is 11.5. The van der Waals surface area contributed by atoms with Gasteiger partial charge < -0.3 is 5.11 Å². The molecule has 0 radical (unpaired) electrons. The van der Waals surface area contributed by atoms with Crippen molar-refractivity contribution in [3.05, 3.63) is 82.6 Å². The van der Waals surface area contributed by atoms with Gasteiger partial charge in [0.15, 0.2) is 0 Å². The zero-order valence-corrected chi connectivity index (χ0v) is 21.7. The van der Waals surface area contributed by atoms with Gasteiger partial charge in [0.25, 0.3) is 0 Å². The van der Waals surface area contributed by atoms with Crippen LogP contribution >= 0.6 is 0 Å². The van der Waals surface area contributed by atoms with Gasteiger partial charge in [-0.3, -0.25) is 14.6 Å². The maximum absolute atomic E-state index is 11.4. The fourth-order valence-electron chi connectivity index (χ4n) is 5.65. The van der Waals surface area contributed by atoms with Crippen molar-refractivity contribution in [2.24, 2.45) is 0 Å². The van der Waals surface area contributed by atoms with Crippen LogP contribution in [0.15, 0.2) is 48.7 Å². The standard InChI is InChI=1S/C30H31N5O2/c1-29(2)14-15-30(3,4)27-26(29)32-22-13-12-21-23(18-8-10-19(11-9-18)28(36)37)34-35(25(21)24(22)33-27)17-20-7-5-6-16-31-20/h5-11,16H,12-15,17H2,1-4H3,(H,36,37). The third-order valence-electron chi connectivity index (χ3n) is 7.95. The zero-order chi connectivity index (χ0) is 25.9. The maximum atomic E-state index is 11.4. The molecule has 0 amide bonds. The first kappa shape index (κ1) is 23.5. The Labute approximate surface area is 216 Å². The molecule has 3 heterocycles. The Hall–Kier alpha value is -3.87. The van der Waals surface area contributed by atoms with E-state index in [0.29, 0.717) is 6.54 Å². The van der Waals surface area contributed by atoms with Crippen LogP contribution in [0.2, 0.25) is 0 Å². The van der Waals surface area contributed by atoms with Gasteiger partial charge in [-0.2, -0.15) is 5.10 Å². The molecule has 2 aliphatic carbocycles. The summed E-state index contributed by atoms with van der Waals surface area (Å²) in [5.41, 5.74) is 9.20. The third-order valence-corrected chi connectivity index (χ3v) is 7.95. The average molecular weight is 494 g/mol. The molecule has 6 rings (SSSR count). The topological polar surface area (TPSA) is 93.8 Å². The minimum absolute atomic E-state index is 0.00158. The number of aromatic nitrogens is 5. The van der Waals surface area contributed by atoms with Crippen molar-refractivity contribution in [3.63, 3.8) is 0 Å². The molecule has 0 atom stereocenters. The smallest absolute Gasteiger partial charge is 0.335 e. The van der Waals surface area contributed by atoms with Crippen LogP contribution < -0.4 is 0 Å². The van der Waals surface area contributed by atoms with Gasteiger partial charge in [-0.1, -0.05) is 45.9 Å². The number of pyridine rings is 1. The predicted molar refractivity (Wildman–Crippen MR) is 142 cm³/mol. The maximum Gasteiger partial charge on any atom is 0.335 e. The van der Waals surface area contributed by atoms with Crippen molar-refractivity contribution >= 4 is 5.97 Å². The van der Waals surface area contributed by atoms with E-state index in [1.807, 2.05) is 35.0 Å². The molecule has 0 bridgehead atoms. The van der Waals surface area contributed by atoms with E-state index >= 15 is 0 Å². The zero-order valence-electron chi connectivity index (χ0n) is 21.7. The highest BCUT2D eigenvalue weighted by Crippen LogP contribution is 2.46. The number of rotatable bonds is 4. The molecule has 37 heavy (non-hydrogen) atoms. The van der Waals surface area contributed by atoms with Gasteiger partial charge in [0, 0.05) is 28.2 Å². The van der Waals surface area contributed by atoms with Gasteiger partial charge in [0.2, 0.25) is 0 Å². The molecule has 4 aromatic rings. The molecule has 188 valence electrons. The minimum atomic E-state index is -0.936. The van der Waals surface area contributed by atoms with Gasteiger partial charge in [-0.15, -0.1) is 0 Å². The van der Waals surface area contributed by atoms with Crippen molar-refractivity contribution in [1.29, 1.82) is 0 Å². The van der Waals surface area contributed by atoms with Crippen molar-refractivity contribution in [2.75, 3.05) is 0 Å². The van der Waals surface area contributed by atoms with Crippen LogP contribution in [0.4, 0.5) is 0 Å². The summed E-state index contributed by atoms with van der Waals surface area (Å²) in [6.07, 6.45) is 5.57. The number of carboxylic acid groups (broad SMARTS) is 1. The summed E-state index contributed by atoms with van der Waals surface area (Å²) in [4.78, 5) is 26.6. The van der Waals surface area contributed by atoms with Crippen molar-refractivity contribution in [2.45, 2.75) is 70.8 Å². The number of carboxylic acids is 1. The van der Waals surface area contributed by atoms with Gasteiger partial charge in [-0.05, 0) is 49.9 Å². The van der Waals surface area contributed by atoms with E-state index in [4.69, 9.17) is 15.1 Å². The Morgan fingerprint density at radius 2 is 1.62 bits per heavy atom. The van der Waals surface area contributed by atoms with Crippen LogP contribution in [-0.4, -0.2) is 35.8 Å². The fourth-order valence-corrected chi connectivity index (χ4v) is 5.65. The van der Waals surface area contributed by atoms with Gasteiger partial charge in [0.05, 0.1) is 46.3 Å². The Morgan fingerprint density at radius 1 is 0.919 bits per heavy atom. The summed E-state index contributed by atoms with van der Waals surface area (Å²) < 4.78 is 2.01. The molecule has 0 saturated heterocycles. The first-order valence-corrected chi connectivity index (χ1v) is 12.9. The van der Waals surface area contributed by atoms with Crippen molar-refractivity contribution in [1.82, 2.24) is 24.7 Å². The highest BCUT2D eigenvalue weighted by Gasteiger charge is 2.41. The minimum Gasteiger partial charge on any atom is -0.478 e. The largest absolute Gasteiger partial charge is 0.478 e. The van der Waals surface area contributed by atoms with Crippen LogP contribution in [0.1, 0.15) is 79.2 Å². The lowest BCUT2D eigenvalue weighted by Gasteiger charge is -2.40. The quantitative estimate of drug-likeness (QED) is 0.398. The van der Waals surface area contributed by atoms with Crippen LogP contribution in [-0.2, 0) is 30.2 Å². The monoisotopic (exact) mass is 493 g/mol. The Morgan fingerprint density at radius 3 is 2.27 bits per heavy atom. The summed E-state index contributed by atoms with van der Waals surface area (Å²) in [7, 11) is 0. The van der Waals surface area contributed by atoms with E-state index in [0.717, 1.165) is 76.7 Å². The van der Waals surface area contributed by atoms with Crippen molar-refractivity contribution < 1.29 is 9.90 Å². The number of hydrogen-bond acceptors (Lipinski definition) is 5.